The second-order valence-corrected chi connectivity index (χ2v) is 9.99. The summed E-state index contributed by atoms with van der Waals surface area (Å²) in [6, 6.07) is 7.98. The predicted octanol–water partition coefficient (Wildman–Crippen LogP) is 4.71. The van der Waals surface area contributed by atoms with E-state index in [2.05, 4.69) is 22.0 Å². The van der Waals surface area contributed by atoms with Crippen molar-refractivity contribution in [2.45, 2.75) is 51.2 Å². The van der Waals surface area contributed by atoms with E-state index in [1.54, 1.807) is 4.57 Å². The van der Waals surface area contributed by atoms with Crippen LogP contribution in [0.1, 0.15) is 37.7 Å². The normalized spacial score (nSPS) is 19.3. The van der Waals surface area contributed by atoms with Crippen molar-refractivity contribution in [1.29, 1.82) is 0 Å². The number of nitrogens with zero attached hydrogens (tertiary/aromatic N) is 3. The molecule has 38 heavy (non-hydrogen) atoms. The monoisotopic (exact) mass is 515 g/mol. The summed E-state index contributed by atoms with van der Waals surface area (Å²) in [6.07, 6.45) is 16.4. The molecule has 0 radical (unpaired) electrons. The second-order valence-electron chi connectivity index (χ2n) is 9.99. The molecule has 8 heteroatoms. The Kier molecular flexibility index (Phi) is 7.31. The van der Waals surface area contributed by atoms with Crippen molar-refractivity contribution in [2.24, 2.45) is 0 Å². The van der Waals surface area contributed by atoms with Crippen LogP contribution in [0, 0.1) is 0 Å². The molecule has 1 atom stereocenters. The van der Waals surface area contributed by atoms with Crippen LogP contribution < -0.4 is 15.2 Å². The first kappa shape index (κ1) is 24.6. The Morgan fingerprint density at radius 3 is 2.79 bits per heavy atom. The van der Waals surface area contributed by atoms with Crippen LogP contribution in [0.2, 0.25) is 0 Å². The van der Waals surface area contributed by atoms with Crippen LogP contribution in [0.25, 0.3) is 11.3 Å². The number of ether oxygens (including phenoxy) is 4. The Labute approximate surface area is 222 Å². The molecule has 0 amide bonds. The SMILES string of the molecule is O=c1nc(OC(C2=CC=CCC2)C2=COC=CO2)cc2n1CCc1cc(OCCN3CCCCC3)ccc1-2. The molecule has 3 aliphatic heterocycles. The van der Waals surface area contributed by atoms with Gasteiger partial charge in [0.1, 0.15) is 31.1 Å². The Morgan fingerprint density at radius 2 is 1.97 bits per heavy atom. The minimum atomic E-state index is -0.543. The van der Waals surface area contributed by atoms with E-state index in [0.717, 1.165) is 54.0 Å². The maximum atomic E-state index is 13.0. The lowest BCUT2D eigenvalue weighted by Gasteiger charge is -2.27. The van der Waals surface area contributed by atoms with Crippen molar-refractivity contribution in [3.63, 3.8) is 0 Å². The fourth-order valence-electron chi connectivity index (χ4n) is 5.48. The second kappa shape index (κ2) is 11.3. The van der Waals surface area contributed by atoms with Crippen LogP contribution in [0.15, 0.2) is 77.4 Å². The molecule has 4 heterocycles. The van der Waals surface area contributed by atoms with Gasteiger partial charge in [0.2, 0.25) is 5.88 Å². The van der Waals surface area contributed by atoms with Gasteiger partial charge < -0.3 is 18.9 Å². The highest BCUT2D eigenvalue weighted by Gasteiger charge is 2.27. The van der Waals surface area contributed by atoms with Gasteiger partial charge in [0.25, 0.3) is 0 Å². The number of fused-ring (bicyclic) bond motifs is 3. The number of aromatic nitrogens is 2. The average Bonchev–Trinajstić information content (AvgIpc) is 2.97. The molecular weight excluding hydrogens is 482 g/mol. The molecule has 0 spiro atoms. The Bertz CT molecular complexity index is 1350. The van der Waals surface area contributed by atoms with E-state index >= 15 is 0 Å². The van der Waals surface area contributed by atoms with Gasteiger partial charge in [-0.15, -0.1) is 0 Å². The van der Waals surface area contributed by atoms with Crippen LogP contribution >= 0.6 is 0 Å². The molecule has 8 nitrogen and oxygen atoms in total. The maximum absolute atomic E-state index is 13.0. The van der Waals surface area contributed by atoms with Crippen LogP contribution in [0.5, 0.6) is 11.6 Å². The molecular formula is C30H33N3O5. The average molecular weight is 516 g/mol. The minimum absolute atomic E-state index is 0.260. The van der Waals surface area contributed by atoms with Crippen molar-refractivity contribution in [3.05, 3.63) is 88.7 Å². The van der Waals surface area contributed by atoms with Gasteiger partial charge in [0, 0.05) is 24.7 Å². The van der Waals surface area contributed by atoms with Crippen LogP contribution in [0.4, 0.5) is 0 Å². The summed E-state index contributed by atoms with van der Waals surface area (Å²) in [5.74, 6) is 1.64. The molecule has 1 saturated heterocycles. The first-order chi connectivity index (χ1) is 18.7. The Hall–Kier alpha value is -3.78. The molecule has 2 aromatic rings. The largest absolute Gasteiger partial charge is 0.492 e. The van der Waals surface area contributed by atoms with Crippen LogP contribution in [-0.4, -0.2) is 46.8 Å². The van der Waals surface area contributed by atoms with Crippen molar-refractivity contribution in [2.75, 3.05) is 26.2 Å². The van der Waals surface area contributed by atoms with Crippen molar-refractivity contribution >= 4 is 0 Å². The third kappa shape index (κ3) is 5.41. The minimum Gasteiger partial charge on any atom is -0.492 e. The highest BCUT2D eigenvalue weighted by molar-refractivity contribution is 5.67. The van der Waals surface area contributed by atoms with Crippen LogP contribution in [-0.2, 0) is 22.4 Å². The number of benzene rings is 1. The van der Waals surface area contributed by atoms with Gasteiger partial charge >= 0.3 is 5.69 Å². The zero-order valence-electron chi connectivity index (χ0n) is 21.5. The molecule has 0 bridgehead atoms. The number of allylic oxidation sites excluding steroid dienone is 3. The Balaban J connectivity index is 1.22. The molecule has 1 aromatic carbocycles. The first-order valence-electron chi connectivity index (χ1n) is 13.5. The molecule has 0 saturated carbocycles. The van der Waals surface area contributed by atoms with Crippen LogP contribution in [0.3, 0.4) is 0 Å². The third-order valence-electron chi connectivity index (χ3n) is 7.47. The quantitative estimate of drug-likeness (QED) is 0.504. The topological polar surface area (TPSA) is 75.0 Å². The van der Waals surface area contributed by atoms with E-state index in [1.165, 1.54) is 51.1 Å². The van der Waals surface area contributed by atoms with Gasteiger partial charge in [-0.3, -0.25) is 9.47 Å². The standard InChI is InChI=1S/C30H33N3O5/c34-30-31-28(38-29(22-7-3-1-4-8-22)27-21-35-17-18-37-27)20-26-25-10-9-24(19-23(25)11-14-33(26)30)36-16-15-32-12-5-2-6-13-32/h1,3,7,9-10,17-21,29H,2,4-6,8,11-16H2. The summed E-state index contributed by atoms with van der Waals surface area (Å²) < 4.78 is 25.2. The zero-order valence-corrected chi connectivity index (χ0v) is 21.5. The zero-order chi connectivity index (χ0) is 25.7. The summed E-state index contributed by atoms with van der Waals surface area (Å²) in [6.45, 7) is 4.53. The van der Waals surface area contributed by atoms with E-state index in [0.29, 0.717) is 18.9 Å². The maximum Gasteiger partial charge on any atom is 0.351 e. The number of likely N-dealkylation sites (tertiary alicyclic amines) is 1. The number of aryl methyl sites for hydroxylation is 1. The molecule has 1 aromatic heterocycles. The van der Waals surface area contributed by atoms with Gasteiger partial charge in [-0.05, 0) is 74.5 Å². The highest BCUT2D eigenvalue weighted by Crippen LogP contribution is 2.34. The smallest absolute Gasteiger partial charge is 0.351 e. The summed E-state index contributed by atoms with van der Waals surface area (Å²) in [7, 11) is 0. The summed E-state index contributed by atoms with van der Waals surface area (Å²) >= 11 is 0. The van der Waals surface area contributed by atoms with E-state index in [4.69, 9.17) is 18.9 Å². The van der Waals surface area contributed by atoms with Crippen molar-refractivity contribution < 1.29 is 18.9 Å². The highest BCUT2D eigenvalue weighted by atomic mass is 16.6. The number of hydrogen-bond donors (Lipinski definition) is 0. The van der Waals surface area contributed by atoms with Crippen molar-refractivity contribution in [3.8, 4) is 22.9 Å². The molecule has 1 aliphatic carbocycles. The van der Waals surface area contributed by atoms with E-state index in [-0.39, 0.29) is 11.6 Å². The van der Waals surface area contributed by atoms with E-state index in [1.807, 2.05) is 30.4 Å². The van der Waals surface area contributed by atoms with Gasteiger partial charge in [-0.1, -0.05) is 24.6 Å². The lowest BCUT2D eigenvalue weighted by atomic mass is 9.97. The molecule has 4 aliphatic rings. The summed E-state index contributed by atoms with van der Waals surface area (Å²) in [5, 5.41) is 0. The Morgan fingerprint density at radius 1 is 1.05 bits per heavy atom. The number of hydrogen-bond acceptors (Lipinski definition) is 7. The fourth-order valence-corrected chi connectivity index (χ4v) is 5.48. The lowest BCUT2D eigenvalue weighted by molar-refractivity contribution is 0.154. The van der Waals surface area contributed by atoms with E-state index in [9.17, 15) is 4.79 Å². The predicted molar refractivity (Wildman–Crippen MR) is 144 cm³/mol. The molecule has 198 valence electrons. The van der Waals surface area contributed by atoms with Crippen molar-refractivity contribution in [1.82, 2.24) is 14.5 Å². The molecule has 6 rings (SSSR count). The van der Waals surface area contributed by atoms with Gasteiger partial charge in [-0.25, -0.2) is 4.79 Å². The number of rotatable bonds is 8. The lowest BCUT2D eigenvalue weighted by Crippen LogP contribution is -2.33. The van der Waals surface area contributed by atoms with Gasteiger partial charge in [-0.2, -0.15) is 4.98 Å². The molecule has 1 fully saturated rings. The van der Waals surface area contributed by atoms with Gasteiger partial charge in [0.15, 0.2) is 11.9 Å². The third-order valence-corrected chi connectivity index (χ3v) is 7.47. The number of piperidine rings is 1. The van der Waals surface area contributed by atoms with Gasteiger partial charge in [0.05, 0.1) is 5.69 Å². The van der Waals surface area contributed by atoms with E-state index < -0.39 is 6.10 Å². The molecule has 1 unspecified atom stereocenters. The molecule has 0 N–H and O–H groups in total. The summed E-state index contributed by atoms with van der Waals surface area (Å²) in [5.41, 5.74) is 3.66. The fraction of sp³-hybridized carbons (Fsp3) is 0.400. The first-order valence-corrected chi connectivity index (χ1v) is 13.5. The summed E-state index contributed by atoms with van der Waals surface area (Å²) in [4.78, 5) is 19.8.